The van der Waals surface area contributed by atoms with Crippen LogP contribution in [-0.2, 0) is 4.79 Å². The summed E-state index contributed by atoms with van der Waals surface area (Å²) >= 11 is 0. The number of carboxylic acids is 1. The molecule has 1 aliphatic heterocycles. The standard InChI is InChI=1S/C9H17NO2/c1-9(2)5-7(4-8(11)12)6-10(9)3/h7H,4-6H2,1-3H3,(H,11,12). The Morgan fingerprint density at radius 3 is 2.58 bits per heavy atom. The summed E-state index contributed by atoms with van der Waals surface area (Å²) < 4.78 is 0. The summed E-state index contributed by atoms with van der Waals surface area (Å²) in [4.78, 5) is 12.7. The van der Waals surface area contributed by atoms with Crippen LogP contribution in [0.25, 0.3) is 0 Å². The van der Waals surface area contributed by atoms with E-state index in [0.717, 1.165) is 13.0 Å². The SMILES string of the molecule is CN1CC(CC(=O)O)CC1(C)C. The largest absolute Gasteiger partial charge is 0.481 e. The van der Waals surface area contributed by atoms with Crippen molar-refractivity contribution in [3.8, 4) is 0 Å². The second kappa shape index (κ2) is 3.05. The molecular formula is C9H17NO2. The summed E-state index contributed by atoms with van der Waals surface area (Å²) in [7, 11) is 2.06. The Morgan fingerprint density at radius 1 is 1.67 bits per heavy atom. The summed E-state index contributed by atoms with van der Waals surface area (Å²) in [5.74, 6) is -0.339. The molecule has 0 radical (unpaired) electrons. The fourth-order valence-corrected chi connectivity index (χ4v) is 1.94. The van der Waals surface area contributed by atoms with E-state index in [1.54, 1.807) is 0 Å². The fraction of sp³-hybridized carbons (Fsp3) is 0.889. The molecule has 0 amide bonds. The van der Waals surface area contributed by atoms with E-state index >= 15 is 0 Å². The second-order valence-electron chi connectivity index (χ2n) is 4.36. The highest BCUT2D eigenvalue weighted by atomic mass is 16.4. The van der Waals surface area contributed by atoms with Crippen LogP contribution in [0.2, 0.25) is 0 Å². The summed E-state index contributed by atoms with van der Waals surface area (Å²) in [6.07, 6.45) is 1.31. The molecule has 12 heavy (non-hydrogen) atoms. The molecule has 1 aliphatic rings. The van der Waals surface area contributed by atoms with Crippen molar-refractivity contribution < 1.29 is 9.90 Å². The highest BCUT2D eigenvalue weighted by Gasteiger charge is 2.36. The van der Waals surface area contributed by atoms with E-state index in [4.69, 9.17) is 5.11 Å². The Labute approximate surface area is 73.4 Å². The smallest absolute Gasteiger partial charge is 0.303 e. The molecule has 1 atom stereocenters. The molecule has 0 bridgehead atoms. The molecule has 3 nitrogen and oxygen atoms in total. The zero-order valence-corrected chi connectivity index (χ0v) is 8.00. The van der Waals surface area contributed by atoms with Gasteiger partial charge in [-0.15, -0.1) is 0 Å². The number of nitrogens with zero attached hydrogens (tertiary/aromatic N) is 1. The average molecular weight is 171 g/mol. The lowest BCUT2D eigenvalue weighted by Gasteiger charge is -2.26. The predicted molar refractivity (Wildman–Crippen MR) is 47.1 cm³/mol. The van der Waals surface area contributed by atoms with Gasteiger partial charge in [0.25, 0.3) is 0 Å². The molecular weight excluding hydrogens is 154 g/mol. The van der Waals surface area contributed by atoms with E-state index in [-0.39, 0.29) is 5.54 Å². The predicted octanol–water partition coefficient (Wildman–Crippen LogP) is 1.19. The van der Waals surface area contributed by atoms with Gasteiger partial charge in [0.1, 0.15) is 0 Å². The molecule has 0 saturated carbocycles. The monoisotopic (exact) mass is 171 g/mol. The Bertz CT molecular complexity index is 189. The van der Waals surface area contributed by atoms with E-state index in [1.807, 2.05) is 0 Å². The summed E-state index contributed by atoms with van der Waals surface area (Å²) in [5.41, 5.74) is 0.181. The number of carboxylic acid groups (broad SMARTS) is 1. The summed E-state index contributed by atoms with van der Waals surface area (Å²) in [6, 6.07) is 0. The summed E-state index contributed by atoms with van der Waals surface area (Å²) in [5, 5.41) is 8.61. The van der Waals surface area contributed by atoms with Crippen molar-refractivity contribution in [2.45, 2.75) is 32.2 Å². The number of aliphatic carboxylic acids is 1. The first-order valence-corrected chi connectivity index (χ1v) is 4.35. The van der Waals surface area contributed by atoms with Crippen LogP contribution in [0.4, 0.5) is 0 Å². The minimum Gasteiger partial charge on any atom is -0.481 e. The molecule has 0 aliphatic carbocycles. The van der Waals surface area contributed by atoms with Crippen LogP contribution in [-0.4, -0.2) is 35.1 Å². The van der Waals surface area contributed by atoms with Gasteiger partial charge in [-0.2, -0.15) is 0 Å². The first kappa shape index (κ1) is 9.52. The van der Waals surface area contributed by atoms with Crippen LogP contribution in [0.1, 0.15) is 26.7 Å². The van der Waals surface area contributed by atoms with Gasteiger partial charge in [0.05, 0.1) is 0 Å². The van der Waals surface area contributed by atoms with E-state index in [2.05, 4.69) is 25.8 Å². The van der Waals surface area contributed by atoms with E-state index in [0.29, 0.717) is 12.3 Å². The molecule has 1 saturated heterocycles. The van der Waals surface area contributed by atoms with Crippen molar-refractivity contribution in [2.75, 3.05) is 13.6 Å². The third-order valence-electron chi connectivity index (χ3n) is 2.82. The van der Waals surface area contributed by atoms with Crippen molar-refractivity contribution in [3.05, 3.63) is 0 Å². The van der Waals surface area contributed by atoms with Crippen LogP contribution < -0.4 is 0 Å². The van der Waals surface area contributed by atoms with Gasteiger partial charge < -0.3 is 10.0 Å². The van der Waals surface area contributed by atoms with Crippen molar-refractivity contribution in [1.82, 2.24) is 4.90 Å². The average Bonchev–Trinajstić information content (AvgIpc) is 2.04. The third-order valence-corrected chi connectivity index (χ3v) is 2.82. The highest BCUT2D eigenvalue weighted by Crippen LogP contribution is 2.32. The van der Waals surface area contributed by atoms with Crippen LogP contribution in [0.5, 0.6) is 0 Å². The van der Waals surface area contributed by atoms with Crippen LogP contribution in [0.3, 0.4) is 0 Å². The number of likely N-dealkylation sites (tertiary alicyclic amines) is 1. The first-order valence-electron chi connectivity index (χ1n) is 4.35. The maximum absolute atomic E-state index is 10.5. The lowest BCUT2D eigenvalue weighted by Crippen LogP contribution is -2.34. The molecule has 1 heterocycles. The van der Waals surface area contributed by atoms with Crippen molar-refractivity contribution >= 4 is 5.97 Å². The maximum Gasteiger partial charge on any atom is 0.303 e. The molecule has 70 valence electrons. The Balaban J connectivity index is 2.49. The van der Waals surface area contributed by atoms with E-state index in [1.165, 1.54) is 0 Å². The van der Waals surface area contributed by atoms with Gasteiger partial charge in [-0.3, -0.25) is 4.79 Å². The number of rotatable bonds is 2. The molecule has 1 fully saturated rings. The lowest BCUT2D eigenvalue weighted by atomic mass is 9.94. The number of hydrogen-bond acceptors (Lipinski definition) is 2. The molecule has 1 N–H and O–H groups in total. The van der Waals surface area contributed by atoms with Crippen molar-refractivity contribution in [3.63, 3.8) is 0 Å². The van der Waals surface area contributed by atoms with Crippen LogP contribution >= 0.6 is 0 Å². The van der Waals surface area contributed by atoms with Crippen molar-refractivity contribution in [1.29, 1.82) is 0 Å². The maximum atomic E-state index is 10.5. The zero-order valence-electron chi connectivity index (χ0n) is 8.00. The molecule has 1 rings (SSSR count). The minimum atomic E-state index is -0.675. The second-order valence-corrected chi connectivity index (χ2v) is 4.36. The van der Waals surface area contributed by atoms with Crippen LogP contribution in [0.15, 0.2) is 0 Å². The first-order chi connectivity index (χ1) is 5.42. The normalized spacial score (nSPS) is 29.1. The fourth-order valence-electron chi connectivity index (χ4n) is 1.94. The molecule has 0 aromatic heterocycles. The molecule has 0 spiro atoms. The quantitative estimate of drug-likeness (QED) is 0.678. The molecule has 0 aromatic carbocycles. The highest BCUT2D eigenvalue weighted by molar-refractivity contribution is 5.67. The van der Waals surface area contributed by atoms with E-state index in [9.17, 15) is 4.79 Å². The minimum absolute atomic E-state index is 0.181. The van der Waals surface area contributed by atoms with E-state index < -0.39 is 5.97 Å². The van der Waals surface area contributed by atoms with Gasteiger partial charge in [0.15, 0.2) is 0 Å². The Kier molecular flexibility index (Phi) is 2.42. The Morgan fingerprint density at radius 2 is 2.25 bits per heavy atom. The van der Waals surface area contributed by atoms with Crippen molar-refractivity contribution in [2.24, 2.45) is 5.92 Å². The number of carbonyl (C=O) groups is 1. The number of hydrogen-bond donors (Lipinski definition) is 1. The lowest BCUT2D eigenvalue weighted by molar-refractivity contribution is -0.138. The van der Waals surface area contributed by atoms with Crippen LogP contribution in [0, 0.1) is 5.92 Å². The van der Waals surface area contributed by atoms with Gasteiger partial charge in [-0.05, 0) is 33.2 Å². The topological polar surface area (TPSA) is 40.5 Å². The molecule has 1 unspecified atom stereocenters. The summed E-state index contributed by atoms with van der Waals surface area (Å²) in [6.45, 7) is 5.24. The van der Waals surface area contributed by atoms with Gasteiger partial charge >= 0.3 is 5.97 Å². The third kappa shape index (κ3) is 1.97. The Hall–Kier alpha value is -0.570. The molecule has 0 aromatic rings. The van der Waals surface area contributed by atoms with Gasteiger partial charge in [-0.1, -0.05) is 0 Å². The molecule has 3 heteroatoms. The zero-order chi connectivity index (χ0) is 9.35. The van der Waals surface area contributed by atoms with Gasteiger partial charge in [0, 0.05) is 18.5 Å². The van der Waals surface area contributed by atoms with Gasteiger partial charge in [-0.25, -0.2) is 0 Å². The van der Waals surface area contributed by atoms with Gasteiger partial charge in [0.2, 0.25) is 0 Å².